The Kier molecular flexibility index (Phi) is 6.23. The molecule has 4 rings (SSSR count). The molecule has 0 saturated heterocycles. The number of aliphatic hydroxyl groups excluding tert-OH is 1. The Balaban J connectivity index is 1.53. The van der Waals surface area contributed by atoms with Gasteiger partial charge in [-0.15, -0.1) is 0 Å². The fourth-order valence-corrected chi connectivity index (χ4v) is 3.82. The number of aryl methyl sites for hydroxylation is 1. The number of hydrogen-bond acceptors (Lipinski definition) is 6. The summed E-state index contributed by atoms with van der Waals surface area (Å²) in [5.41, 5.74) is 3.32. The minimum Gasteiger partial charge on any atom is -0.509 e. The van der Waals surface area contributed by atoms with Crippen molar-refractivity contribution in [3.63, 3.8) is 0 Å². The highest BCUT2D eigenvalue weighted by Gasteiger charge is 2.32. The number of nitrogens with zero attached hydrogens (tertiary/aromatic N) is 3. The quantitative estimate of drug-likeness (QED) is 0.410. The lowest BCUT2D eigenvalue weighted by molar-refractivity contribution is 0.0335. The maximum atomic E-state index is 12.2. The van der Waals surface area contributed by atoms with Gasteiger partial charge in [0.15, 0.2) is 0 Å². The van der Waals surface area contributed by atoms with Crippen LogP contribution in [0.25, 0.3) is 16.6 Å². The van der Waals surface area contributed by atoms with Crippen LogP contribution >= 0.6 is 0 Å². The van der Waals surface area contributed by atoms with Crippen LogP contribution in [0.15, 0.2) is 54.3 Å². The molecule has 0 spiro atoms. The van der Waals surface area contributed by atoms with Gasteiger partial charge in [0, 0.05) is 18.8 Å². The molecule has 2 aromatic carbocycles. The molecular formula is C24H26N4O4. The van der Waals surface area contributed by atoms with E-state index < -0.39 is 5.97 Å². The summed E-state index contributed by atoms with van der Waals surface area (Å²) in [5, 5.41) is 19.5. The molecule has 1 aliphatic heterocycles. The molecule has 8 heteroatoms. The lowest BCUT2D eigenvalue weighted by Gasteiger charge is -2.19. The van der Waals surface area contributed by atoms with Crippen LogP contribution in [0.2, 0.25) is 0 Å². The summed E-state index contributed by atoms with van der Waals surface area (Å²) >= 11 is 0. The molecular weight excluding hydrogens is 408 g/mol. The molecule has 0 saturated carbocycles. The van der Waals surface area contributed by atoms with E-state index in [0.717, 1.165) is 11.0 Å². The standard InChI is InChI=1S/C24H26N4O4/c1-3-27-19-8-6-5-7-18(19)26-23(27)21-20(29)15-28(22(21)25)17-11-9-16(10-12-17)24(30)32-14-13-31-4-2/h5-12,25,29H,3-4,13-15H2,1-2H3. The van der Waals surface area contributed by atoms with Crippen LogP contribution in [-0.2, 0) is 16.0 Å². The maximum Gasteiger partial charge on any atom is 0.338 e. The molecule has 0 bridgehead atoms. The number of nitrogens with one attached hydrogen (secondary N) is 1. The van der Waals surface area contributed by atoms with Gasteiger partial charge in [-0.2, -0.15) is 0 Å². The number of imidazole rings is 1. The lowest BCUT2D eigenvalue weighted by Crippen LogP contribution is -2.26. The molecule has 0 atom stereocenters. The van der Waals surface area contributed by atoms with Gasteiger partial charge in [-0.25, -0.2) is 9.78 Å². The number of amidine groups is 1. The second-order valence-electron chi connectivity index (χ2n) is 7.30. The third kappa shape index (κ3) is 3.97. The van der Waals surface area contributed by atoms with Gasteiger partial charge in [-0.3, -0.25) is 5.41 Å². The average molecular weight is 434 g/mol. The van der Waals surface area contributed by atoms with Crippen molar-refractivity contribution in [1.29, 1.82) is 5.41 Å². The number of carbonyl (C=O) groups excluding carboxylic acids is 1. The van der Waals surface area contributed by atoms with Crippen LogP contribution in [0.4, 0.5) is 5.69 Å². The van der Waals surface area contributed by atoms with E-state index >= 15 is 0 Å². The van der Waals surface area contributed by atoms with Crippen LogP contribution in [0, 0.1) is 5.41 Å². The summed E-state index contributed by atoms with van der Waals surface area (Å²) in [5.74, 6) is 0.415. The van der Waals surface area contributed by atoms with Gasteiger partial charge in [0.25, 0.3) is 0 Å². The van der Waals surface area contributed by atoms with Crippen molar-refractivity contribution in [2.75, 3.05) is 31.3 Å². The summed E-state index contributed by atoms with van der Waals surface area (Å²) in [7, 11) is 0. The maximum absolute atomic E-state index is 12.2. The van der Waals surface area contributed by atoms with E-state index in [2.05, 4.69) is 4.98 Å². The number of hydrogen-bond donors (Lipinski definition) is 2. The van der Waals surface area contributed by atoms with Crippen molar-refractivity contribution in [3.8, 4) is 0 Å². The van der Waals surface area contributed by atoms with E-state index in [-0.39, 0.29) is 24.7 Å². The van der Waals surface area contributed by atoms with E-state index in [1.54, 1.807) is 29.2 Å². The fourth-order valence-electron chi connectivity index (χ4n) is 3.82. The molecule has 1 aromatic heterocycles. The highest BCUT2D eigenvalue weighted by molar-refractivity contribution is 6.30. The second kappa shape index (κ2) is 9.23. The minimum atomic E-state index is -0.425. The lowest BCUT2D eigenvalue weighted by atomic mass is 10.2. The molecule has 3 aromatic rings. The molecule has 0 amide bonds. The van der Waals surface area contributed by atoms with Gasteiger partial charge in [0.2, 0.25) is 0 Å². The summed E-state index contributed by atoms with van der Waals surface area (Å²) in [6.45, 7) is 5.86. The number of esters is 1. The minimum absolute atomic E-state index is 0.0967. The third-order valence-corrected chi connectivity index (χ3v) is 5.38. The Bertz CT molecular complexity index is 1180. The monoisotopic (exact) mass is 434 g/mol. The Morgan fingerprint density at radius 1 is 1.12 bits per heavy atom. The molecule has 2 heterocycles. The normalized spacial score (nSPS) is 13.9. The molecule has 8 nitrogen and oxygen atoms in total. The molecule has 166 valence electrons. The zero-order valence-corrected chi connectivity index (χ0v) is 18.2. The zero-order valence-electron chi connectivity index (χ0n) is 18.2. The number of carbonyl (C=O) groups is 1. The van der Waals surface area contributed by atoms with Gasteiger partial charge in [0.05, 0.1) is 35.3 Å². The highest BCUT2D eigenvalue weighted by Crippen LogP contribution is 2.32. The van der Waals surface area contributed by atoms with E-state index in [1.807, 2.05) is 42.7 Å². The van der Waals surface area contributed by atoms with Crippen LogP contribution < -0.4 is 4.90 Å². The van der Waals surface area contributed by atoms with Gasteiger partial charge < -0.3 is 24.0 Å². The SMILES string of the molecule is CCOCCOC(=O)c1ccc(N2CC(O)=C(c3nc4ccccc4n3CC)C2=N)cc1. The van der Waals surface area contributed by atoms with Gasteiger partial charge in [-0.1, -0.05) is 12.1 Å². The third-order valence-electron chi connectivity index (χ3n) is 5.38. The summed E-state index contributed by atoms with van der Waals surface area (Å²) in [4.78, 5) is 18.5. The zero-order chi connectivity index (χ0) is 22.7. The fraction of sp³-hybridized carbons (Fsp3) is 0.292. The van der Waals surface area contributed by atoms with Crippen LogP contribution in [0.1, 0.15) is 30.0 Å². The Morgan fingerprint density at radius 3 is 2.59 bits per heavy atom. The first-order valence-electron chi connectivity index (χ1n) is 10.6. The number of benzene rings is 2. The van der Waals surface area contributed by atoms with E-state index in [4.69, 9.17) is 14.9 Å². The predicted molar refractivity (Wildman–Crippen MR) is 123 cm³/mol. The molecule has 1 aliphatic rings. The first-order chi connectivity index (χ1) is 15.5. The van der Waals surface area contributed by atoms with Crippen molar-refractivity contribution >= 4 is 34.1 Å². The van der Waals surface area contributed by atoms with E-state index in [0.29, 0.717) is 42.4 Å². The smallest absolute Gasteiger partial charge is 0.338 e. The second-order valence-corrected chi connectivity index (χ2v) is 7.30. The number of anilines is 1. The largest absolute Gasteiger partial charge is 0.509 e. The van der Waals surface area contributed by atoms with E-state index in [1.165, 1.54) is 0 Å². The molecule has 2 N–H and O–H groups in total. The van der Waals surface area contributed by atoms with Gasteiger partial charge in [-0.05, 0) is 50.2 Å². The average Bonchev–Trinajstić information content (AvgIpc) is 3.32. The Labute approximate surface area is 186 Å². The predicted octanol–water partition coefficient (Wildman–Crippen LogP) is 4.02. The Morgan fingerprint density at radius 2 is 1.88 bits per heavy atom. The van der Waals surface area contributed by atoms with Crippen LogP contribution in [-0.4, -0.2) is 52.8 Å². The summed E-state index contributed by atoms with van der Waals surface area (Å²) < 4.78 is 12.4. The number of ether oxygens (including phenoxy) is 2. The number of para-hydroxylation sites is 2. The van der Waals surface area contributed by atoms with Gasteiger partial charge >= 0.3 is 5.97 Å². The molecule has 0 unspecified atom stereocenters. The first-order valence-corrected chi connectivity index (χ1v) is 10.6. The van der Waals surface area contributed by atoms with Gasteiger partial charge in [0.1, 0.15) is 24.0 Å². The van der Waals surface area contributed by atoms with Crippen molar-refractivity contribution in [2.24, 2.45) is 0 Å². The van der Waals surface area contributed by atoms with Crippen LogP contribution in [0.5, 0.6) is 0 Å². The number of aliphatic hydroxyl groups is 1. The molecule has 0 radical (unpaired) electrons. The summed E-state index contributed by atoms with van der Waals surface area (Å²) in [6, 6.07) is 14.6. The van der Waals surface area contributed by atoms with Crippen molar-refractivity contribution in [3.05, 3.63) is 65.7 Å². The van der Waals surface area contributed by atoms with E-state index in [9.17, 15) is 9.90 Å². The molecule has 32 heavy (non-hydrogen) atoms. The summed E-state index contributed by atoms with van der Waals surface area (Å²) in [6.07, 6.45) is 0. The molecule has 0 aliphatic carbocycles. The van der Waals surface area contributed by atoms with Crippen molar-refractivity contribution < 1.29 is 19.4 Å². The van der Waals surface area contributed by atoms with Crippen LogP contribution in [0.3, 0.4) is 0 Å². The first kappa shape index (κ1) is 21.6. The number of rotatable bonds is 8. The number of aromatic nitrogens is 2. The van der Waals surface area contributed by atoms with Crippen molar-refractivity contribution in [1.82, 2.24) is 9.55 Å². The molecule has 0 fully saturated rings. The topological polar surface area (TPSA) is 101 Å². The number of fused-ring (bicyclic) bond motifs is 1. The van der Waals surface area contributed by atoms with Crippen molar-refractivity contribution in [2.45, 2.75) is 20.4 Å². The highest BCUT2D eigenvalue weighted by atomic mass is 16.6. The Hall–Kier alpha value is -3.65.